The summed E-state index contributed by atoms with van der Waals surface area (Å²) in [5.74, 6) is 0. The monoisotopic (exact) mass is 290 g/mol. The number of aromatic nitrogens is 1. The third-order valence-corrected chi connectivity index (χ3v) is 4.19. The van der Waals surface area contributed by atoms with Gasteiger partial charge in [0.05, 0.1) is 22.3 Å². The topological polar surface area (TPSA) is 36.7 Å². The predicted molar refractivity (Wildman–Crippen MR) is 86.3 cm³/mol. The number of hydrogen-bond acceptors (Lipinski definition) is 3. The Morgan fingerprint density at radius 3 is 2.43 bits per heavy atom. The van der Waals surface area contributed by atoms with E-state index in [1.54, 1.807) is 11.3 Å². The molecule has 0 bridgehead atoms. The second-order valence-corrected chi connectivity index (χ2v) is 5.92. The molecule has 0 aliphatic carbocycles. The number of hydrogen-bond donors (Lipinski definition) is 0. The highest BCUT2D eigenvalue weighted by Gasteiger charge is 2.05. The number of nitriles is 1. The van der Waals surface area contributed by atoms with Gasteiger partial charge in [-0.3, -0.25) is 0 Å². The van der Waals surface area contributed by atoms with Crippen LogP contribution in [0.4, 0.5) is 0 Å². The minimum atomic E-state index is 0.675. The molecule has 0 radical (unpaired) electrons. The van der Waals surface area contributed by atoms with Crippen LogP contribution in [0.15, 0.2) is 53.9 Å². The Hall–Kier alpha value is -2.44. The normalized spacial score (nSPS) is 10.3. The van der Waals surface area contributed by atoms with E-state index in [-0.39, 0.29) is 0 Å². The second-order valence-electron chi connectivity index (χ2n) is 4.98. The molecule has 0 N–H and O–H groups in total. The maximum atomic E-state index is 8.82. The lowest BCUT2D eigenvalue weighted by Crippen LogP contribution is -1.88. The van der Waals surface area contributed by atoms with Crippen molar-refractivity contribution in [2.45, 2.75) is 13.3 Å². The predicted octanol–water partition coefficient (Wildman–Crippen LogP) is 4.58. The number of aryl methyl sites for hydroxylation is 1. The summed E-state index contributed by atoms with van der Waals surface area (Å²) >= 11 is 1.68. The first-order valence-electron chi connectivity index (χ1n) is 6.75. The summed E-state index contributed by atoms with van der Waals surface area (Å²) in [6.45, 7) is 2.09. The summed E-state index contributed by atoms with van der Waals surface area (Å²) in [4.78, 5) is 4.69. The molecule has 0 unspecified atom stereocenters. The van der Waals surface area contributed by atoms with Crippen LogP contribution >= 0.6 is 11.3 Å². The lowest BCUT2D eigenvalue weighted by atomic mass is 10.1. The molecule has 1 aromatic heterocycles. The zero-order valence-corrected chi connectivity index (χ0v) is 12.5. The van der Waals surface area contributed by atoms with E-state index in [1.807, 2.05) is 24.3 Å². The Kier molecular flexibility index (Phi) is 3.81. The van der Waals surface area contributed by atoms with Crippen LogP contribution in [-0.4, -0.2) is 4.98 Å². The summed E-state index contributed by atoms with van der Waals surface area (Å²) in [5, 5.41) is 12.0. The van der Waals surface area contributed by atoms with E-state index in [2.05, 4.69) is 47.6 Å². The van der Waals surface area contributed by atoms with Gasteiger partial charge in [-0.25, -0.2) is 4.98 Å². The van der Waals surface area contributed by atoms with Crippen LogP contribution < -0.4 is 0 Å². The van der Waals surface area contributed by atoms with E-state index in [4.69, 9.17) is 5.26 Å². The van der Waals surface area contributed by atoms with Gasteiger partial charge in [0.15, 0.2) is 0 Å². The van der Waals surface area contributed by atoms with Crippen molar-refractivity contribution in [3.05, 3.63) is 75.6 Å². The molecule has 3 heteroatoms. The van der Waals surface area contributed by atoms with Crippen molar-refractivity contribution in [1.82, 2.24) is 4.98 Å². The van der Waals surface area contributed by atoms with Gasteiger partial charge in [-0.2, -0.15) is 5.26 Å². The Labute approximate surface area is 128 Å². The summed E-state index contributed by atoms with van der Waals surface area (Å²) in [5.41, 5.74) is 5.26. The molecule has 0 aliphatic heterocycles. The van der Waals surface area contributed by atoms with E-state index in [9.17, 15) is 0 Å². The van der Waals surface area contributed by atoms with Crippen molar-refractivity contribution < 1.29 is 0 Å². The van der Waals surface area contributed by atoms with Gasteiger partial charge in [0.25, 0.3) is 0 Å². The van der Waals surface area contributed by atoms with Crippen molar-refractivity contribution in [3.8, 4) is 17.3 Å². The smallest absolute Gasteiger partial charge is 0.0991 e. The van der Waals surface area contributed by atoms with E-state index in [0.717, 1.165) is 22.7 Å². The highest BCUT2D eigenvalue weighted by atomic mass is 32.1. The highest BCUT2D eigenvalue weighted by molar-refractivity contribution is 7.10. The molecule has 0 aliphatic rings. The fourth-order valence-corrected chi connectivity index (χ4v) is 2.96. The maximum Gasteiger partial charge on any atom is 0.0991 e. The molecule has 3 aromatic rings. The number of rotatable bonds is 3. The Bertz CT molecular complexity index is 777. The molecule has 0 amide bonds. The fourth-order valence-electron chi connectivity index (χ4n) is 2.12. The summed E-state index contributed by atoms with van der Waals surface area (Å²) in [6, 6.07) is 18.2. The Balaban J connectivity index is 1.79. The van der Waals surface area contributed by atoms with Gasteiger partial charge in [0.2, 0.25) is 0 Å². The molecule has 2 aromatic carbocycles. The molecule has 0 spiro atoms. The van der Waals surface area contributed by atoms with Crippen molar-refractivity contribution in [2.24, 2.45) is 0 Å². The molecule has 0 atom stereocenters. The molecule has 2 nitrogen and oxygen atoms in total. The fraction of sp³-hybridized carbons (Fsp3) is 0.111. The minimum absolute atomic E-state index is 0.675. The molecular formula is C18H14N2S. The van der Waals surface area contributed by atoms with Gasteiger partial charge in [0.1, 0.15) is 0 Å². The standard InChI is InChI=1S/C18H14N2S/c1-13-2-4-14(5-3-13)10-18-20-17(12-21-18)16-8-6-15(11-19)7-9-16/h2-9,12H,10H2,1H3. The van der Waals surface area contributed by atoms with E-state index in [0.29, 0.717) is 5.56 Å². The first kappa shape index (κ1) is 13.5. The van der Waals surface area contributed by atoms with Crippen LogP contribution in [0.1, 0.15) is 21.7 Å². The molecule has 0 saturated carbocycles. The van der Waals surface area contributed by atoms with Crippen LogP contribution in [0.2, 0.25) is 0 Å². The van der Waals surface area contributed by atoms with Gasteiger partial charge >= 0.3 is 0 Å². The molecule has 3 rings (SSSR count). The van der Waals surface area contributed by atoms with E-state index >= 15 is 0 Å². The second kappa shape index (κ2) is 5.90. The van der Waals surface area contributed by atoms with Crippen LogP contribution in [-0.2, 0) is 6.42 Å². The molecular weight excluding hydrogens is 276 g/mol. The third-order valence-electron chi connectivity index (χ3n) is 3.34. The van der Waals surface area contributed by atoms with Crippen molar-refractivity contribution in [2.75, 3.05) is 0 Å². The average Bonchev–Trinajstić information content (AvgIpc) is 2.98. The molecule has 102 valence electrons. The van der Waals surface area contributed by atoms with Gasteiger partial charge in [0, 0.05) is 17.4 Å². The summed E-state index contributed by atoms with van der Waals surface area (Å²) in [6.07, 6.45) is 0.862. The van der Waals surface area contributed by atoms with Crippen molar-refractivity contribution in [1.29, 1.82) is 5.26 Å². The lowest BCUT2D eigenvalue weighted by Gasteiger charge is -1.99. The van der Waals surface area contributed by atoms with Crippen molar-refractivity contribution >= 4 is 11.3 Å². The zero-order chi connectivity index (χ0) is 14.7. The Morgan fingerprint density at radius 1 is 1.05 bits per heavy atom. The van der Waals surface area contributed by atoms with E-state index in [1.165, 1.54) is 11.1 Å². The maximum absolute atomic E-state index is 8.82. The van der Waals surface area contributed by atoms with Gasteiger partial charge in [-0.05, 0) is 24.6 Å². The van der Waals surface area contributed by atoms with Crippen LogP contribution in [0.5, 0.6) is 0 Å². The third kappa shape index (κ3) is 3.18. The average molecular weight is 290 g/mol. The van der Waals surface area contributed by atoms with Crippen LogP contribution in [0, 0.1) is 18.3 Å². The quantitative estimate of drug-likeness (QED) is 0.708. The number of nitrogens with zero attached hydrogens (tertiary/aromatic N) is 2. The number of thiazole rings is 1. The molecule has 21 heavy (non-hydrogen) atoms. The van der Waals surface area contributed by atoms with Crippen molar-refractivity contribution in [3.63, 3.8) is 0 Å². The highest BCUT2D eigenvalue weighted by Crippen LogP contribution is 2.23. The minimum Gasteiger partial charge on any atom is -0.241 e. The number of benzene rings is 2. The zero-order valence-electron chi connectivity index (χ0n) is 11.7. The van der Waals surface area contributed by atoms with Gasteiger partial charge in [-0.15, -0.1) is 11.3 Å². The molecule has 0 fully saturated rings. The van der Waals surface area contributed by atoms with Gasteiger partial charge < -0.3 is 0 Å². The van der Waals surface area contributed by atoms with Crippen LogP contribution in [0.3, 0.4) is 0 Å². The largest absolute Gasteiger partial charge is 0.241 e. The molecule has 1 heterocycles. The first-order valence-corrected chi connectivity index (χ1v) is 7.63. The molecule has 0 saturated heterocycles. The van der Waals surface area contributed by atoms with Gasteiger partial charge in [-0.1, -0.05) is 42.0 Å². The SMILES string of the molecule is Cc1ccc(Cc2nc(-c3ccc(C#N)cc3)cs2)cc1. The first-order chi connectivity index (χ1) is 10.2. The van der Waals surface area contributed by atoms with Crippen LogP contribution in [0.25, 0.3) is 11.3 Å². The summed E-state index contributed by atoms with van der Waals surface area (Å²) in [7, 11) is 0. The van der Waals surface area contributed by atoms with E-state index < -0.39 is 0 Å². The Morgan fingerprint density at radius 2 is 1.76 bits per heavy atom. The summed E-state index contributed by atoms with van der Waals surface area (Å²) < 4.78 is 0. The lowest BCUT2D eigenvalue weighted by molar-refractivity contribution is 1.14.